The quantitative estimate of drug-likeness (QED) is 0.759. The molecule has 0 saturated heterocycles. The van der Waals surface area contributed by atoms with E-state index in [0.29, 0.717) is 17.1 Å². The van der Waals surface area contributed by atoms with Crippen molar-refractivity contribution in [3.63, 3.8) is 0 Å². The van der Waals surface area contributed by atoms with Crippen LogP contribution in [-0.2, 0) is 10.0 Å². The van der Waals surface area contributed by atoms with Crippen LogP contribution in [-0.4, -0.2) is 28.9 Å². The fourth-order valence-corrected chi connectivity index (χ4v) is 3.93. The maximum absolute atomic E-state index is 12.6. The van der Waals surface area contributed by atoms with Crippen molar-refractivity contribution in [2.45, 2.75) is 22.8 Å². The topological polar surface area (TPSA) is 64.6 Å². The van der Waals surface area contributed by atoms with E-state index in [4.69, 9.17) is 9.47 Å². The Morgan fingerprint density at radius 1 is 1.04 bits per heavy atom. The highest BCUT2D eigenvalue weighted by Gasteiger charge is 2.21. The molecule has 0 heterocycles. The van der Waals surface area contributed by atoms with Crippen LogP contribution in [0.1, 0.15) is 18.5 Å². The highest BCUT2D eigenvalue weighted by Crippen LogP contribution is 2.30. The summed E-state index contributed by atoms with van der Waals surface area (Å²) in [5.41, 5.74) is 0.709. The first-order valence-corrected chi connectivity index (χ1v) is 10.0. The molecule has 0 amide bonds. The van der Waals surface area contributed by atoms with Gasteiger partial charge < -0.3 is 9.47 Å². The minimum absolute atomic E-state index is 0.231. The maximum atomic E-state index is 12.6. The van der Waals surface area contributed by atoms with Crippen LogP contribution in [0.15, 0.2) is 52.3 Å². The van der Waals surface area contributed by atoms with Crippen molar-refractivity contribution in [2.75, 3.05) is 20.5 Å². The zero-order valence-corrected chi connectivity index (χ0v) is 15.7. The minimum atomic E-state index is -3.63. The summed E-state index contributed by atoms with van der Waals surface area (Å²) < 4.78 is 38.4. The van der Waals surface area contributed by atoms with E-state index in [0.717, 1.165) is 4.90 Å². The molecule has 0 unspecified atom stereocenters. The Balaban J connectivity index is 2.28. The average molecular weight is 367 g/mol. The molecule has 1 atom stereocenters. The highest BCUT2D eigenvalue weighted by molar-refractivity contribution is 7.98. The third-order valence-corrected chi connectivity index (χ3v) is 5.91. The molecule has 130 valence electrons. The lowest BCUT2D eigenvalue weighted by atomic mass is 10.1. The Morgan fingerprint density at radius 3 is 2.25 bits per heavy atom. The molecule has 7 heteroatoms. The van der Waals surface area contributed by atoms with E-state index < -0.39 is 16.1 Å². The van der Waals surface area contributed by atoms with Crippen LogP contribution in [0.2, 0.25) is 0 Å². The number of benzene rings is 2. The SMILES string of the molecule is COc1ccc(OC)c([C@H](C)NS(=O)(=O)c2ccc(SC)cc2)c1. The van der Waals surface area contributed by atoms with Crippen LogP contribution in [0.25, 0.3) is 0 Å². The Kier molecular flexibility index (Phi) is 6.15. The lowest BCUT2D eigenvalue weighted by molar-refractivity contribution is 0.395. The molecule has 0 aliphatic carbocycles. The number of sulfonamides is 1. The summed E-state index contributed by atoms with van der Waals surface area (Å²) in [5, 5.41) is 0. The van der Waals surface area contributed by atoms with Crippen molar-refractivity contribution >= 4 is 21.8 Å². The van der Waals surface area contributed by atoms with Gasteiger partial charge >= 0.3 is 0 Å². The van der Waals surface area contributed by atoms with E-state index >= 15 is 0 Å². The molecular formula is C17H21NO4S2. The number of hydrogen-bond donors (Lipinski definition) is 1. The van der Waals surface area contributed by atoms with E-state index in [-0.39, 0.29) is 4.90 Å². The van der Waals surface area contributed by atoms with E-state index in [9.17, 15) is 8.42 Å². The molecule has 0 aromatic heterocycles. The Bertz CT molecular complexity index is 789. The number of ether oxygens (including phenoxy) is 2. The molecule has 24 heavy (non-hydrogen) atoms. The van der Waals surface area contributed by atoms with Crippen molar-refractivity contribution < 1.29 is 17.9 Å². The van der Waals surface area contributed by atoms with Gasteiger partial charge in [-0.05, 0) is 55.6 Å². The van der Waals surface area contributed by atoms with Crippen LogP contribution < -0.4 is 14.2 Å². The molecule has 0 radical (unpaired) electrons. The zero-order chi connectivity index (χ0) is 17.7. The Labute approximate surface area is 147 Å². The predicted molar refractivity (Wildman–Crippen MR) is 96.5 cm³/mol. The van der Waals surface area contributed by atoms with Gasteiger partial charge in [0.25, 0.3) is 0 Å². The van der Waals surface area contributed by atoms with E-state index in [1.807, 2.05) is 6.26 Å². The molecule has 2 aromatic rings. The minimum Gasteiger partial charge on any atom is -0.497 e. The first kappa shape index (κ1) is 18.6. The molecule has 0 aliphatic heterocycles. The summed E-state index contributed by atoms with van der Waals surface area (Å²) in [4.78, 5) is 1.24. The van der Waals surface area contributed by atoms with Crippen LogP contribution in [0, 0.1) is 0 Å². The third-order valence-electron chi connectivity index (χ3n) is 3.61. The van der Waals surface area contributed by atoms with Gasteiger partial charge in [-0.1, -0.05) is 0 Å². The van der Waals surface area contributed by atoms with E-state index in [2.05, 4.69) is 4.72 Å². The molecule has 0 bridgehead atoms. The first-order chi connectivity index (χ1) is 11.4. The number of methoxy groups -OCH3 is 2. The van der Waals surface area contributed by atoms with Gasteiger partial charge in [0, 0.05) is 16.5 Å². The fourth-order valence-electron chi connectivity index (χ4n) is 2.30. The summed E-state index contributed by atoms with van der Waals surface area (Å²) in [6.45, 7) is 1.77. The monoisotopic (exact) mass is 367 g/mol. The predicted octanol–water partition coefficient (Wildman–Crippen LogP) is 3.47. The van der Waals surface area contributed by atoms with Crippen LogP contribution >= 0.6 is 11.8 Å². The maximum Gasteiger partial charge on any atom is 0.241 e. The van der Waals surface area contributed by atoms with Gasteiger partial charge in [-0.25, -0.2) is 13.1 Å². The molecule has 5 nitrogen and oxygen atoms in total. The van der Waals surface area contributed by atoms with Gasteiger partial charge in [0.05, 0.1) is 19.1 Å². The Morgan fingerprint density at radius 2 is 1.71 bits per heavy atom. The van der Waals surface area contributed by atoms with Crippen LogP contribution in [0.3, 0.4) is 0 Å². The van der Waals surface area contributed by atoms with Gasteiger partial charge in [0.15, 0.2) is 0 Å². The number of nitrogens with one attached hydrogen (secondary N) is 1. The van der Waals surface area contributed by atoms with Gasteiger partial charge in [0.2, 0.25) is 10.0 Å². The van der Waals surface area contributed by atoms with Gasteiger partial charge in [-0.3, -0.25) is 0 Å². The van der Waals surface area contributed by atoms with Crippen LogP contribution in [0.4, 0.5) is 0 Å². The van der Waals surface area contributed by atoms with E-state index in [1.165, 1.54) is 0 Å². The molecule has 0 fully saturated rings. The largest absolute Gasteiger partial charge is 0.497 e. The van der Waals surface area contributed by atoms with Crippen molar-refractivity contribution in [3.05, 3.63) is 48.0 Å². The first-order valence-electron chi connectivity index (χ1n) is 7.29. The smallest absolute Gasteiger partial charge is 0.241 e. The summed E-state index contributed by atoms with van der Waals surface area (Å²) in [7, 11) is -0.520. The second-order valence-electron chi connectivity index (χ2n) is 5.13. The summed E-state index contributed by atoms with van der Waals surface area (Å²) in [6.07, 6.45) is 1.94. The van der Waals surface area contributed by atoms with Crippen molar-refractivity contribution in [2.24, 2.45) is 0 Å². The van der Waals surface area contributed by atoms with Crippen molar-refractivity contribution in [3.8, 4) is 11.5 Å². The Hall–Kier alpha value is -1.70. The number of thioether (sulfide) groups is 1. The molecule has 2 rings (SSSR count). The highest BCUT2D eigenvalue weighted by atomic mass is 32.2. The molecule has 2 aromatic carbocycles. The second-order valence-corrected chi connectivity index (χ2v) is 7.72. The summed E-state index contributed by atoms with van der Waals surface area (Å²) >= 11 is 1.56. The molecule has 0 aliphatic rings. The van der Waals surface area contributed by atoms with Crippen LogP contribution in [0.5, 0.6) is 11.5 Å². The average Bonchev–Trinajstić information content (AvgIpc) is 2.60. The van der Waals surface area contributed by atoms with Crippen molar-refractivity contribution in [1.82, 2.24) is 4.72 Å². The molecule has 1 N–H and O–H groups in total. The van der Waals surface area contributed by atoms with E-state index in [1.54, 1.807) is 75.4 Å². The van der Waals surface area contributed by atoms with Gasteiger partial charge in [-0.15, -0.1) is 11.8 Å². The zero-order valence-electron chi connectivity index (χ0n) is 14.1. The number of hydrogen-bond acceptors (Lipinski definition) is 5. The normalized spacial score (nSPS) is 12.7. The lowest BCUT2D eigenvalue weighted by Crippen LogP contribution is -2.27. The standard InChI is InChI=1S/C17H21NO4S2/c1-12(16-11-13(21-2)5-10-17(16)22-3)18-24(19,20)15-8-6-14(23-4)7-9-15/h5-12,18H,1-4H3/t12-/m0/s1. The summed E-state index contributed by atoms with van der Waals surface area (Å²) in [6, 6.07) is 11.6. The molecular weight excluding hydrogens is 346 g/mol. The fraction of sp³-hybridized carbons (Fsp3) is 0.294. The third kappa shape index (κ3) is 4.23. The lowest BCUT2D eigenvalue weighted by Gasteiger charge is -2.18. The van der Waals surface area contributed by atoms with Crippen molar-refractivity contribution in [1.29, 1.82) is 0 Å². The summed E-state index contributed by atoms with van der Waals surface area (Å²) in [5.74, 6) is 1.24. The number of rotatable bonds is 7. The van der Waals surface area contributed by atoms with Gasteiger partial charge in [0.1, 0.15) is 11.5 Å². The molecule has 0 spiro atoms. The molecule has 0 saturated carbocycles. The second kappa shape index (κ2) is 7.92. The van der Waals surface area contributed by atoms with Gasteiger partial charge in [-0.2, -0.15) is 0 Å².